The molecule has 1 aromatic heterocycles. The van der Waals surface area contributed by atoms with Crippen molar-refractivity contribution in [2.75, 3.05) is 33.9 Å². The van der Waals surface area contributed by atoms with Gasteiger partial charge in [0, 0.05) is 37.3 Å². The maximum atomic E-state index is 5.56. The number of fused-ring (bicyclic) bond motifs is 3. The molecule has 210 valence electrons. The van der Waals surface area contributed by atoms with Crippen molar-refractivity contribution in [2.45, 2.75) is 83.3 Å². The van der Waals surface area contributed by atoms with Crippen LogP contribution in [0.1, 0.15) is 69.4 Å². The lowest BCUT2D eigenvalue weighted by Crippen LogP contribution is -2.52. The van der Waals surface area contributed by atoms with Gasteiger partial charge in [-0.1, -0.05) is 19.9 Å². The van der Waals surface area contributed by atoms with E-state index in [9.17, 15) is 0 Å². The fourth-order valence-corrected chi connectivity index (χ4v) is 7.95. The topological polar surface area (TPSA) is 42.8 Å². The highest BCUT2D eigenvalue weighted by molar-refractivity contribution is 5.84. The molecular formula is C33H46N4O2. The van der Waals surface area contributed by atoms with Gasteiger partial charge in [0.25, 0.3) is 0 Å². The van der Waals surface area contributed by atoms with Gasteiger partial charge in [0.05, 0.1) is 25.3 Å². The molecule has 3 aromatic rings. The molecule has 6 nitrogen and oxygen atoms in total. The molecule has 4 heterocycles. The van der Waals surface area contributed by atoms with Gasteiger partial charge in [0.1, 0.15) is 5.82 Å². The van der Waals surface area contributed by atoms with Crippen molar-refractivity contribution >= 4 is 11.0 Å². The molecule has 0 saturated carbocycles. The van der Waals surface area contributed by atoms with Crippen LogP contribution in [0.25, 0.3) is 22.4 Å². The van der Waals surface area contributed by atoms with Crippen LogP contribution in [0.5, 0.6) is 11.5 Å². The van der Waals surface area contributed by atoms with Crippen LogP contribution in [0.4, 0.5) is 0 Å². The number of aromatic nitrogens is 2. The fraction of sp³-hybridized carbons (Fsp3) is 0.606. The summed E-state index contributed by atoms with van der Waals surface area (Å²) in [4.78, 5) is 10.8. The van der Waals surface area contributed by atoms with Gasteiger partial charge < -0.3 is 18.9 Å². The number of rotatable bonds is 7. The minimum atomic E-state index is 0.641. The largest absolute Gasteiger partial charge is 0.493 e. The van der Waals surface area contributed by atoms with Gasteiger partial charge in [-0.15, -0.1) is 0 Å². The monoisotopic (exact) mass is 530 g/mol. The predicted molar refractivity (Wildman–Crippen MR) is 159 cm³/mol. The lowest BCUT2D eigenvalue weighted by molar-refractivity contribution is 0.0354. The summed E-state index contributed by atoms with van der Waals surface area (Å²) in [6.45, 7) is 10.7. The maximum absolute atomic E-state index is 5.56. The Kier molecular flexibility index (Phi) is 7.36. The van der Waals surface area contributed by atoms with E-state index in [0.29, 0.717) is 5.92 Å². The SMILES string of the molecule is COc1ccc(-c2nc3c(C)cc(C4CC5CCC(C4)N5C4CCN(CC(C)C)CC4)cc3n2C)cc1OC. The second-order valence-corrected chi connectivity index (χ2v) is 12.7. The first kappa shape index (κ1) is 26.6. The zero-order valence-electron chi connectivity index (χ0n) is 24.7. The van der Waals surface area contributed by atoms with Crippen LogP contribution in [-0.2, 0) is 7.05 Å². The Bertz CT molecular complexity index is 1310. The van der Waals surface area contributed by atoms with E-state index in [1.165, 1.54) is 74.8 Å². The van der Waals surface area contributed by atoms with Gasteiger partial charge >= 0.3 is 0 Å². The van der Waals surface area contributed by atoms with Crippen LogP contribution >= 0.6 is 0 Å². The molecule has 3 fully saturated rings. The molecule has 0 N–H and O–H groups in total. The zero-order chi connectivity index (χ0) is 27.3. The van der Waals surface area contributed by atoms with E-state index in [0.717, 1.165) is 52.4 Å². The zero-order valence-corrected chi connectivity index (χ0v) is 24.7. The first-order valence-corrected chi connectivity index (χ1v) is 15.1. The highest BCUT2D eigenvalue weighted by Crippen LogP contribution is 2.46. The highest BCUT2D eigenvalue weighted by atomic mass is 16.5. The standard InChI is InChI=1S/C33H46N4O2/c1-21(2)20-36-13-11-26(12-14-36)37-27-8-9-28(37)17-25(16-27)24-15-22(3)32-29(18-24)35(4)33(34-32)23-7-10-30(38-5)31(19-23)39-6/h7,10,15,18-19,21,25-28H,8-9,11-14,16-17,20H2,1-6H3. The first-order chi connectivity index (χ1) is 18.9. The molecule has 0 amide bonds. The molecule has 3 saturated heterocycles. The van der Waals surface area contributed by atoms with Crippen LogP contribution in [0.3, 0.4) is 0 Å². The van der Waals surface area contributed by atoms with Crippen molar-refractivity contribution in [2.24, 2.45) is 13.0 Å². The molecule has 2 aromatic carbocycles. The quantitative estimate of drug-likeness (QED) is 0.354. The average molecular weight is 531 g/mol. The molecule has 0 spiro atoms. The molecule has 39 heavy (non-hydrogen) atoms. The lowest BCUT2D eigenvalue weighted by atomic mass is 9.82. The number of likely N-dealkylation sites (tertiary alicyclic amines) is 1. The first-order valence-electron chi connectivity index (χ1n) is 15.1. The molecule has 2 atom stereocenters. The van der Waals surface area contributed by atoms with E-state index in [1.807, 2.05) is 12.1 Å². The van der Waals surface area contributed by atoms with Gasteiger partial charge in [-0.25, -0.2) is 4.98 Å². The molecule has 0 aliphatic carbocycles. The Morgan fingerprint density at radius 2 is 1.59 bits per heavy atom. The Hall–Kier alpha value is -2.57. The van der Waals surface area contributed by atoms with Gasteiger partial charge in [-0.05, 0) is 106 Å². The summed E-state index contributed by atoms with van der Waals surface area (Å²) in [5.74, 6) is 3.84. The third kappa shape index (κ3) is 4.95. The van der Waals surface area contributed by atoms with E-state index in [4.69, 9.17) is 14.5 Å². The van der Waals surface area contributed by atoms with Crippen molar-refractivity contribution < 1.29 is 9.47 Å². The van der Waals surface area contributed by atoms with Gasteiger partial charge in [0.2, 0.25) is 0 Å². The number of nitrogens with zero attached hydrogens (tertiary/aromatic N) is 4. The van der Waals surface area contributed by atoms with Crippen LogP contribution in [0.2, 0.25) is 0 Å². The summed E-state index contributed by atoms with van der Waals surface area (Å²) in [6.07, 6.45) is 8.06. The predicted octanol–water partition coefficient (Wildman–Crippen LogP) is 6.40. The fourth-order valence-electron chi connectivity index (χ4n) is 7.95. The van der Waals surface area contributed by atoms with Crippen molar-refractivity contribution in [1.29, 1.82) is 0 Å². The van der Waals surface area contributed by atoms with E-state index in [1.54, 1.807) is 14.2 Å². The number of aryl methyl sites for hydroxylation is 2. The van der Waals surface area contributed by atoms with Crippen molar-refractivity contribution in [1.82, 2.24) is 19.4 Å². The number of imidazole rings is 1. The van der Waals surface area contributed by atoms with E-state index in [2.05, 4.69) is 60.4 Å². The molecule has 2 bridgehead atoms. The molecule has 3 aliphatic rings. The van der Waals surface area contributed by atoms with Gasteiger partial charge in [-0.2, -0.15) is 0 Å². The van der Waals surface area contributed by atoms with Crippen LogP contribution in [-0.4, -0.2) is 71.3 Å². The summed E-state index contributed by atoms with van der Waals surface area (Å²) in [5, 5.41) is 0. The van der Waals surface area contributed by atoms with Crippen molar-refractivity contribution in [3.8, 4) is 22.9 Å². The smallest absolute Gasteiger partial charge is 0.161 e. The molecule has 6 heteroatoms. The summed E-state index contributed by atoms with van der Waals surface area (Å²) in [6, 6.07) is 13.2. The normalized spacial score (nSPS) is 24.6. The summed E-state index contributed by atoms with van der Waals surface area (Å²) in [5.41, 5.74) is 6.14. The second-order valence-electron chi connectivity index (χ2n) is 12.7. The molecular weight excluding hydrogens is 484 g/mol. The average Bonchev–Trinajstić information content (AvgIpc) is 3.40. The maximum Gasteiger partial charge on any atom is 0.161 e. The minimum absolute atomic E-state index is 0.641. The summed E-state index contributed by atoms with van der Waals surface area (Å²) in [7, 11) is 5.49. The molecule has 6 rings (SSSR count). The molecule has 0 radical (unpaired) electrons. The molecule has 2 unspecified atom stereocenters. The minimum Gasteiger partial charge on any atom is -0.493 e. The van der Waals surface area contributed by atoms with Crippen LogP contribution in [0.15, 0.2) is 30.3 Å². The van der Waals surface area contributed by atoms with Crippen molar-refractivity contribution in [3.63, 3.8) is 0 Å². The van der Waals surface area contributed by atoms with Gasteiger partial charge in [-0.3, -0.25) is 4.90 Å². The lowest BCUT2D eigenvalue weighted by Gasteiger charge is -2.46. The number of hydrogen-bond donors (Lipinski definition) is 0. The highest BCUT2D eigenvalue weighted by Gasteiger charge is 2.44. The second kappa shape index (κ2) is 10.8. The summed E-state index contributed by atoms with van der Waals surface area (Å²) >= 11 is 0. The number of piperidine rings is 2. The number of hydrogen-bond acceptors (Lipinski definition) is 5. The third-order valence-electron chi connectivity index (χ3n) is 9.70. The van der Waals surface area contributed by atoms with E-state index in [-0.39, 0.29) is 0 Å². The van der Waals surface area contributed by atoms with Crippen LogP contribution in [0, 0.1) is 12.8 Å². The van der Waals surface area contributed by atoms with E-state index >= 15 is 0 Å². The van der Waals surface area contributed by atoms with E-state index < -0.39 is 0 Å². The Morgan fingerprint density at radius 1 is 0.897 bits per heavy atom. The van der Waals surface area contributed by atoms with Crippen LogP contribution < -0.4 is 9.47 Å². The number of ether oxygens (including phenoxy) is 2. The Balaban J connectivity index is 1.22. The van der Waals surface area contributed by atoms with Crippen molar-refractivity contribution in [3.05, 3.63) is 41.5 Å². The number of benzene rings is 2. The molecule has 3 aliphatic heterocycles. The summed E-state index contributed by atoms with van der Waals surface area (Å²) < 4.78 is 13.3. The third-order valence-corrected chi connectivity index (χ3v) is 9.70. The Morgan fingerprint density at radius 3 is 2.23 bits per heavy atom. The number of methoxy groups -OCH3 is 2. The Labute approximate surface area is 234 Å². The van der Waals surface area contributed by atoms with Gasteiger partial charge in [0.15, 0.2) is 11.5 Å².